The number of pyridine rings is 1. The molecule has 0 atom stereocenters. The summed E-state index contributed by atoms with van der Waals surface area (Å²) in [6.07, 6.45) is -3.60. The van der Waals surface area contributed by atoms with Crippen LogP contribution in [-0.2, 0) is 6.18 Å². The Hall–Kier alpha value is -2.11. The van der Waals surface area contributed by atoms with Gasteiger partial charge in [0, 0.05) is 12.3 Å². The molecular formula is C12H7F4NO. The highest BCUT2D eigenvalue weighted by Crippen LogP contribution is 2.31. The van der Waals surface area contributed by atoms with E-state index in [4.69, 9.17) is 4.74 Å². The molecule has 0 aliphatic heterocycles. The number of hydrogen-bond donors (Lipinski definition) is 0. The van der Waals surface area contributed by atoms with Gasteiger partial charge in [0.05, 0.1) is 0 Å². The van der Waals surface area contributed by atoms with Gasteiger partial charge in [0.2, 0.25) is 0 Å². The van der Waals surface area contributed by atoms with Crippen LogP contribution >= 0.6 is 0 Å². The third-order valence-corrected chi connectivity index (χ3v) is 2.09. The van der Waals surface area contributed by atoms with Crippen LogP contribution in [0, 0.1) is 5.82 Å². The molecule has 0 saturated heterocycles. The number of benzene rings is 1. The second-order valence-electron chi connectivity index (χ2n) is 3.41. The van der Waals surface area contributed by atoms with Crippen LogP contribution in [-0.4, -0.2) is 4.98 Å². The number of para-hydroxylation sites is 1. The summed E-state index contributed by atoms with van der Waals surface area (Å²) in [6.45, 7) is 0. The zero-order chi connectivity index (χ0) is 13.2. The van der Waals surface area contributed by atoms with Crippen molar-refractivity contribution in [1.82, 2.24) is 4.98 Å². The monoisotopic (exact) mass is 257 g/mol. The van der Waals surface area contributed by atoms with Gasteiger partial charge in [-0.25, -0.2) is 4.39 Å². The molecule has 0 saturated carbocycles. The van der Waals surface area contributed by atoms with Gasteiger partial charge in [-0.15, -0.1) is 0 Å². The molecule has 1 heterocycles. The van der Waals surface area contributed by atoms with Crippen LogP contribution in [0.1, 0.15) is 5.69 Å². The predicted molar refractivity (Wildman–Crippen MR) is 55.7 cm³/mol. The van der Waals surface area contributed by atoms with Crippen molar-refractivity contribution in [3.05, 3.63) is 54.1 Å². The molecule has 2 nitrogen and oxygen atoms in total. The Labute approximate surface area is 99.8 Å². The molecule has 0 radical (unpaired) electrons. The molecule has 0 fully saturated rings. The van der Waals surface area contributed by atoms with Crippen molar-refractivity contribution in [3.63, 3.8) is 0 Å². The molecule has 94 valence electrons. The van der Waals surface area contributed by atoms with E-state index in [0.29, 0.717) is 6.07 Å². The second kappa shape index (κ2) is 4.64. The minimum Gasteiger partial charge on any atom is -0.454 e. The summed E-state index contributed by atoms with van der Waals surface area (Å²) >= 11 is 0. The molecule has 0 spiro atoms. The molecule has 18 heavy (non-hydrogen) atoms. The lowest BCUT2D eigenvalue weighted by molar-refractivity contribution is -0.141. The SMILES string of the molecule is Fc1ccccc1Oc1ccnc(C(F)(F)F)c1. The highest BCUT2D eigenvalue weighted by atomic mass is 19.4. The van der Waals surface area contributed by atoms with E-state index >= 15 is 0 Å². The Bertz CT molecular complexity index is 554. The minimum absolute atomic E-state index is 0.123. The fourth-order valence-corrected chi connectivity index (χ4v) is 1.28. The lowest BCUT2D eigenvalue weighted by Crippen LogP contribution is -2.07. The second-order valence-corrected chi connectivity index (χ2v) is 3.41. The van der Waals surface area contributed by atoms with Crippen LogP contribution in [0.15, 0.2) is 42.6 Å². The number of alkyl halides is 3. The van der Waals surface area contributed by atoms with Crippen LogP contribution < -0.4 is 4.74 Å². The first-order valence-electron chi connectivity index (χ1n) is 4.92. The summed E-state index contributed by atoms with van der Waals surface area (Å²) in [5, 5.41) is 0. The van der Waals surface area contributed by atoms with Crippen molar-refractivity contribution < 1.29 is 22.3 Å². The van der Waals surface area contributed by atoms with Gasteiger partial charge < -0.3 is 4.74 Å². The fourth-order valence-electron chi connectivity index (χ4n) is 1.28. The van der Waals surface area contributed by atoms with E-state index in [1.807, 2.05) is 0 Å². The highest BCUT2D eigenvalue weighted by molar-refractivity contribution is 5.32. The van der Waals surface area contributed by atoms with Crippen molar-refractivity contribution in [2.45, 2.75) is 6.18 Å². The van der Waals surface area contributed by atoms with E-state index < -0.39 is 17.7 Å². The molecule has 1 aromatic heterocycles. The molecule has 1 aromatic carbocycles. The average Bonchev–Trinajstić information content (AvgIpc) is 2.31. The van der Waals surface area contributed by atoms with Crippen LogP contribution in [0.4, 0.5) is 17.6 Å². The molecule has 0 amide bonds. The molecule has 0 aliphatic carbocycles. The molecule has 0 N–H and O–H groups in total. The predicted octanol–water partition coefficient (Wildman–Crippen LogP) is 4.03. The number of rotatable bonds is 2. The number of ether oxygens (including phenoxy) is 1. The zero-order valence-electron chi connectivity index (χ0n) is 8.91. The largest absolute Gasteiger partial charge is 0.454 e. The maximum atomic E-state index is 13.2. The van der Waals surface area contributed by atoms with Gasteiger partial charge in [-0.3, -0.25) is 4.98 Å². The van der Waals surface area contributed by atoms with E-state index in [9.17, 15) is 17.6 Å². The van der Waals surface area contributed by atoms with E-state index in [0.717, 1.165) is 12.3 Å². The quantitative estimate of drug-likeness (QED) is 0.758. The first-order chi connectivity index (χ1) is 8.47. The van der Waals surface area contributed by atoms with Crippen molar-refractivity contribution in [3.8, 4) is 11.5 Å². The van der Waals surface area contributed by atoms with Gasteiger partial charge in [0.25, 0.3) is 0 Å². The first-order valence-corrected chi connectivity index (χ1v) is 4.92. The van der Waals surface area contributed by atoms with Crippen LogP contribution in [0.5, 0.6) is 11.5 Å². The summed E-state index contributed by atoms with van der Waals surface area (Å²) in [5.41, 5.74) is -1.09. The van der Waals surface area contributed by atoms with Crippen molar-refractivity contribution >= 4 is 0 Å². The van der Waals surface area contributed by atoms with Crippen molar-refractivity contribution in [2.75, 3.05) is 0 Å². The molecule has 0 unspecified atom stereocenters. The Balaban J connectivity index is 2.28. The smallest absolute Gasteiger partial charge is 0.433 e. The summed E-state index contributed by atoms with van der Waals surface area (Å²) in [4.78, 5) is 3.18. The number of halogens is 4. The third-order valence-electron chi connectivity index (χ3n) is 2.09. The molecule has 2 rings (SSSR count). The molecule has 0 aliphatic rings. The van der Waals surface area contributed by atoms with E-state index in [2.05, 4.69) is 4.98 Å². The van der Waals surface area contributed by atoms with Gasteiger partial charge in [-0.1, -0.05) is 12.1 Å². The lowest BCUT2D eigenvalue weighted by Gasteiger charge is -2.09. The van der Waals surface area contributed by atoms with Gasteiger partial charge in [0.15, 0.2) is 11.6 Å². The van der Waals surface area contributed by atoms with Crippen molar-refractivity contribution in [2.24, 2.45) is 0 Å². The van der Waals surface area contributed by atoms with Crippen molar-refractivity contribution in [1.29, 1.82) is 0 Å². The molecule has 6 heteroatoms. The number of hydrogen-bond acceptors (Lipinski definition) is 2. The summed E-state index contributed by atoms with van der Waals surface area (Å²) in [5.74, 6) is -0.915. The standard InChI is InChI=1S/C12H7F4NO/c13-9-3-1-2-4-10(9)18-8-5-6-17-11(7-8)12(14,15)16/h1-7H. The number of aromatic nitrogens is 1. The Morgan fingerprint density at radius 2 is 1.78 bits per heavy atom. The maximum absolute atomic E-state index is 13.2. The van der Waals surface area contributed by atoms with E-state index in [1.54, 1.807) is 0 Å². The van der Waals surface area contributed by atoms with Crippen LogP contribution in [0.2, 0.25) is 0 Å². The molecule has 2 aromatic rings. The van der Waals surface area contributed by atoms with Crippen LogP contribution in [0.25, 0.3) is 0 Å². The topological polar surface area (TPSA) is 22.1 Å². The first kappa shape index (κ1) is 12.3. The van der Waals surface area contributed by atoms with E-state index in [1.165, 1.54) is 24.3 Å². The molecule has 0 bridgehead atoms. The Morgan fingerprint density at radius 1 is 1.06 bits per heavy atom. The Kier molecular flexibility index (Phi) is 3.18. The summed E-state index contributed by atoms with van der Waals surface area (Å²) < 4.78 is 55.5. The summed E-state index contributed by atoms with van der Waals surface area (Å²) in [7, 11) is 0. The minimum atomic E-state index is -4.56. The third kappa shape index (κ3) is 2.77. The average molecular weight is 257 g/mol. The van der Waals surface area contributed by atoms with Gasteiger partial charge >= 0.3 is 6.18 Å². The lowest BCUT2D eigenvalue weighted by atomic mass is 10.3. The van der Waals surface area contributed by atoms with Crippen LogP contribution in [0.3, 0.4) is 0 Å². The highest BCUT2D eigenvalue weighted by Gasteiger charge is 2.32. The van der Waals surface area contributed by atoms with Gasteiger partial charge in [0.1, 0.15) is 11.4 Å². The van der Waals surface area contributed by atoms with Gasteiger partial charge in [-0.05, 0) is 18.2 Å². The van der Waals surface area contributed by atoms with Gasteiger partial charge in [-0.2, -0.15) is 13.2 Å². The Morgan fingerprint density at radius 3 is 2.44 bits per heavy atom. The fraction of sp³-hybridized carbons (Fsp3) is 0.0833. The normalized spacial score (nSPS) is 11.3. The molecular weight excluding hydrogens is 250 g/mol. The maximum Gasteiger partial charge on any atom is 0.433 e. The summed E-state index contributed by atoms with van der Waals surface area (Å²) in [6, 6.07) is 7.39. The zero-order valence-corrected chi connectivity index (χ0v) is 8.91. The number of nitrogens with zero attached hydrogens (tertiary/aromatic N) is 1. The van der Waals surface area contributed by atoms with E-state index in [-0.39, 0.29) is 11.5 Å².